The standard InChI is InChI=1S/C36H44N8O5/c1-5-36(2,3)31-21-32(41-34(40-31)43-17-16-37-24-43)44-19-18-42(35(46)39-25-10-12-27(47-4)13-11-25)22-26(44)20-33(45)38-15-14-28-23-48-29-8-6-7-9-30(29)49-28/h6-13,16-17,21,24,26,28H,5,14-15,18-20,22-23H2,1-4H3,(H,38,45)(H,39,46). The van der Waals surface area contributed by atoms with Crippen molar-refractivity contribution < 1.29 is 23.8 Å². The van der Waals surface area contributed by atoms with Gasteiger partial charge in [0.05, 0.1) is 18.8 Å². The van der Waals surface area contributed by atoms with Gasteiger partial charge in [-0.2, -0.15) is 4.98 Å². The summed E-state index contributed by atoms with van der Waals surface area (Å²) in [6, 6.07) is 16.2. The van der Waals surface area contributed by atoms with Crippen LogP contribution in [0.5, 0.6) is 17.2 Å². The molecule has 49 heavy (non-hydrogen) atoms. The van der Waals surface area contributed by atoms with Crippen LogP contribution in [0.4, 0.5) is 16.3 Å². The molecule has 2 atom stereocenters. The molecule has 1 saturated heterocycles. The van der Waals surface area contributed by atoms with Crippen LogP contribution in [0.25, 0.3) is 5.95 Å². The van der Waals surface area contributed by atoms with E-state index in [1.807, 2.05) is 36.5 Å². The van der Waals surface area contributed by atoms with Gasteiger partial charge in [-0.25, -0.2) is 14.8 Å². The molecule has 4 heterocycles. The molecule has 2 unspecified atom stereocenters. The number of hydrogen-bond donors (Lipinski definition) is 2. The highest BCUT2D eigenvalue weighted by Crippen LogP contribution is 2.32. The lowest BCUT2D eigenvalue weighted by Crippen LogP contribution is -2.57. The summed E-state index contributed by atoms with van der Waals surface area (Å²) >= 11 is 0. The van der Waals surface area contributed by atoms with E-state index in [-0.39, 0.29) is 35.9 Å². The fourth-order valence-electron chi connectivity index (χ4n) is 5.85. The molecule has 2 N–H and O–H groups in total. The number of fused-ring (bicyclic) bond motifs is 1. The zero-order valence-corrected chi connectivity index (χ0v) is 28.5. The number of piperazine rings is 1. The summed E-state index contributed by atoms with van der Waals surface area (Å²) in [6.45, 7) is 8.54. The highest BCUT2D eigenvalue weighted by atomic mass is 16.6. The molecule has 13 nitrogen and oxygen atoms in total. The second-order valence-corrected chi connectivity index (χ2v) is 12.9. The molecule has 0 saturated carbocycles. The third-order valence-corrected chi connectivity index (χ3v) is 9.20. The van der Waals surface area contributed by atoms with Gasteiger partial charge >= 0.3 is 6.03 Å². The number of anilines is 2. The summed E-state index contributed by atoms with van der Waals surface area (Å²) in [6.07, 6.45) is 6.65. The van der Waals surface area contributed by atoms with Crippen LogP contribution < -0.4 is 29.7 Å². The van der Waals surface area contributed by atoms with Crippen molar-refractivity contribution in [3.63, 3.8) is 0 Å². The molecule has 2 aliphatic rings. The molecule has 1 fully saturated rings. The minimum Gasteiger partial charge on any atom is -0.497 e. The number of carbonyl (C=O) groups is 2. The van der Waals surface area contributed by atoms with Crippen molar-refractivity contribution >= 4 is 23.4 Å². The van der Waals surface area contributed by atoms with Crippen molar-refractivity contribution in [2.75, 3.05) is 50.1 Å². The Kier molecular flexibility index (Phi) is 10.2. The zero-order chi connectivity index (χ0) is 34.4. The smallest absolute Gasteiger partial charge is 0.321 e. The first-order chi connectivity index (χ1) is 23.7. The Morgan fingerprint density at radius 3 is 2.59 bits per heavy atom. The number of nitrogens with one attached hydrogen (secondary N) is 2. The second-order valence-electron chi connectivity index (χ2n) is 12.9. The SMILES string of the molecule is CCC(C)(C)c1cc(N2CCN(C(=O)Nc3ccc(OC)cc3)CC2CC(=O)NCCC2COc3ccccc3O2)nc(-n2ccnc2)n1. The van der Waals surface area contributed by atoms with Crippen LogP contribution in [0.3, 0.4) is 0 Å². The number of amides is 3. The van der Waals surface area contributed by atoms with Crippen molar-refractivity contribution in [1.82, 2.24) is 29.7 Å². The lowest BCUT2D eigenvalue weighted by atomic mass is 9.86. The van der Waals surface area contributed by atoms with Gasteiger partial charge in [-0.1, -0.05) is 32.9 Å². The normalized spacial score (nSPS) is 17.4. The molecule has 2 aromatic heterocycles. The number of nitrogens with zero attached hydrogens (tertiary/aromatic N) is 6. The Hall–Kier alpha value is -5.33. The molecular weight excluding hydrogens is 624 g/mol. The molecule has 2 aromatic carbocycles. The first-order valence-corrected chi connectivity index (χ1v) is 16.7. The second kappa shape index (κ2) is 14.8. The Morgan fingerprint density at radius 2 is 1.86 bits per heavy atom. The van der Waals surface area contributed by atoms with Crippen molar-refractivity contribution in [3.8, 4) is 23.2 Å². The van der Waals surface area contributed by atoms with Gasteiger partial charge in [-0.05, 0) is 42.8 Å². The average molecular weight is 669 g/mol. The number of ether oxygens (including phenoxy) is 3. The predicted molar refractivity (Wildman–Crippen MR) is 186 cm³/mol. The molecule has 0 spiro atoms. The van der Waals surface area contributed by atoms with Crippen molar-refractivity contribution in [3.05, 3.63) is 79.0 Å². The number of imidazole rings is 1. The lowest BCUT2D eigenvalue weighted by Gasteiger charge is -2.42. The number of rotatable bonds is 11. The molecule has 258 valence electrons. The van der Waals surface area contributed by atoms with Gasteiger partial charge in [0, 0.05) is 68.6 Å². The van der Waals surface area contributed by atoms with E-state index in [1.165, 1.54) is 0 Å². The number of hydrogen-bond acceptors (Lipinski definition) is 9. The number of carbonyl (C=O) groups excluding carboxylic acids is 2. The summed E-state index contributed by atoms with van der Waals surface area (Å²) in [5, 5.41) is 6.05. The van der Waals surface area contributed by atoms with Crippen molar-refractivity contribution in [2.24, 2.45) is 0 Å². The maximum Gasteiger partial charge on any atom is 0.321 e. The first-order valence-electron chi connectivity index (χ1n) is 16.7. The van der Waals surface area contributed by atoms with E-state index < -0.39 is 0 Å². The number of benzene rings is 2. The van der Waals surface area contributed by atoms with Gasteiger partial charge in [-0.3, -0.25) is 9.36 Å². The van der Waals surface area contributed by atoms with Crippen LogP contribution in [0.15, 0.2) is 73.3 Å². The highest BCUT2D eigenvalue weighted by Gasteiger charge is 2.34. The van der Waals surface area contributed by atoms with Gasteiger partial charge in [-0.15, -0.1) is 0 Å². The number of para-hydroxylation sites is 2. The minimum atomic E-state index is -0.348. The molecule has 0 radical (unpaired) electrons. The molecule has 6 rings (SSSR count). The largest absolute Gasteiger partial charge is 0.497 e. The maximum absolute atomic E-state index is 13.5. The summed E-state index contributed by atoms with van der Waals surface area (Å²) in [7, 11) is 1.60. The molecule has 3 amide bonds. The van der Waals surface area contributed by atoms with Gasteiger partial charge in [0.25, 0.3) is 0 Å². The summed E-state index contributed by atoms with van der Waals surface area (Å²) < 4.78 is 18.9. The quantitative estimate of drug-likeness (QED) is 0.231. The van der Waals surface area contributed by atoms with E-state index in [0.29, 0.717) is 68.2 Å². The number of urea groups is 1. The summed E-state index contributed by atoms with van der Waals surface area (Å²) in [5.41, 5.74) is 1.33. The van der Waals surface area contributed by atoms with Crippen LogP contribution in [0.1, 0.15) is 45.7 Å². The minimum absolute atomic E-state index is 0.123. The molecule has 4 aromatic rings. The fourth-order valence-corrected chi connectivity index (χ4v) is 5.85. The molecule has 0 aliphatic carbocycles. The fraction of sp³-hybridized carbons (Fsp3) is 0.417. The van der Waals surface area contributed by atoms with Gasteiger partial charge < -0.3 is 34.6 Å². The Balaban J connectivity index is 1.19. The lowest BCUT2D eigenvalue weighted by molar-refractivity contribution is -0.121. The van der Waals surface area contributed by atoms with E-state index in [1.54, 1.807) is 53.4 Å². The van der Waals surface area contributed by atoms with Crippen LogP contribution in [0.2, 0.25) is 0 Å². The first kappa shape index (κ1) is 33.6. The van der Waals surface area contributed by atoms with E-state index in [2.05, 4.69) is 41.3 Å². The van der Waals surface area contributed by atoms with Crippen molar-refractivity contribution in [2.45, 2.75) is 57.6 Å². The van der Waals surface area contributed by atoms with Gasteiger partial charge in [0.2, 0.25) is 11.9 Å². The predicted octanol–water partition coefficient (Wildman–Crippen LogP) is 4.82. The third-order valence-electron chi connectivity index (χ3n) is 9.20. The van der Waals surface area contributed by atoms with Crippen LogP contribution in [0, 0.1) is 0 Å². The van der Waals surface area contributed by atoms with Crippen LogP contribution in [-0.2, 0) is 10.2 Å². The van der Waals surface area contributed by atoms with Crippen molar-refractivity contribution in [1.29, 1.82) is 0 Å². The summed E-state index contributed by atoms with van der Waals surface area (Å²) in [4.78, 5) is 44.9. The summed E-state index contributed by atoms with van der Waals surface area (Å²) in [5.74, 6) is 3.23. The van der Waals surface area contributed by atoms with Crippen LogP contribution in [-0.4, -0.2) is 88.4 Å². The monoisotopic (exact) mass is 668 g/mol. The Labute approximate surface area is 286 Å². The zero-order valence-electron chi connectivity index (χ0n) is 28.5. The van der Waals surface area contributed by atoms with Crippen LogP contribution >= 0.6 is 0 Å². The molecule has 0 bridgehead atoms. The number of aromatic nitrogens is 4. The molecule has 13 heteroatoms. The average Bonchev–Trinajstić information content (AvgIpc) is 3.67. The van der Waals surface area contributed by atoms with Gasteiger partial charge in [0.1, 0.15) is 30.6 Å². The third kappa shape index (κ3) is 8.04. The molecule has 2 aliphatic heterocycles. The highest BCUT2D eigenvalue weighted by molar-refractivity contribution is 5.89. The van der Waals surface area contributed by atoms with E-state index in [0.717, 1.165) is 17.9 Å². The molecular formula is C36H44N8O5. The maximum atomic E-state index is 13.5. The number of methoxy groups -OCH3 is 1. The van der Waals surface area contributed by atoms with E-state index >= 15 is 0 Å². The van der Waals surface area contributed by atoms with E-state index in [9.17, 15) is 9.59 Å². The topological polar surface area (TPSA) is 136 Å². The Bertz CT molecular complexity index is 1730. The Morgan fingerprint density at radius 1 is 1.06 bits per heavy atom. The van der Waals surface area contributed by atoms with Gasteiger partial charge in [0.15, 0.2) is 11.5 Å². The van der Waals surface area contributed by atoms with E-state index in [4.69, 9.17) is 24.2 Å².